The molecular weight excluding hydrogens is 256 g/mol. The van der Waals surface area contributed by atoms with Crippen molar-refractivity contribution in [1.82, 2.24) is 14.8 Å². The Morgan fingerprint density at radius 3 is 2.53 bits per heavy atom. The van der Waals surface area contributed by atoms with Gasteiger partial charge in [-0.2, -0.15) is 0 Å². The first-order valence-corrected chi connectivity index (χ1v) is 7.99. The molecule has 0 unspecified atom stereocenters. The number of hydrogen-bond acceptors (Lipinski definition) is 3. The van der Waals surface area contributed by atoms with Gasteiger partial charge >= 0.3 is 0 Å². The van der Waals surface area contributed by atoms with E-state index in [9.17, 15) is 0 Å². The lowest BCUT2D eigenvalue weighted by molar-refractivity contribution is 0.349. The zero-order chi connectivity index (χ0) is 13.8. The van der Waals surface area contributed by atoms with E-state index >= 15 is 0 Å². The lowest BCUT2D eigenvalue weighted by atomic mass is 9.95. The zero-order valence-corrected chi connectivity index (χ0v) is 13.2. The fraction of sp³-hybridized carbons (Fsp3) is 0.857. The van der Waals surface area contributed by atoms with Crippen molar-refractivity contribution in [2.75, 3.05) is 11.9 Å². The van der Waals surface area contributed by atoms with Gasteiger partial charge in [-0.3, -0.25) is 4.57 Å². The Bertz CT molecular complexity index is 441. The van der Waals surface area contributed by atoms with E-state index in [1.165, 1.54) is 32.1 Å². The maximum Gasteiger partial charge on any atom is 0.225 e. The average Bonchev–Trinajstić information content (AvgIpc) is 2.83. The molecule has 1 aliphatic rings. The molecule has 0 aliphatic heterocycles. The highest BCUT2D eigenvalue weighted by molar-refractivity contribution is 7.71. The minimum Gasteiger partial charge on any atom is -0.341 e. The van der Waals surface area contributed by atoms with E-state index < -0.39 is 0 Å². The Kier molecular flexibility index (Phi) is 5.02. The number of nitrogens with zero attached hydrogens (tertiary/aromatic N) is 3. The third kappa shape index (κ3) is 3.02. The van der Waals surface area contributed by atoms with Crippen molar-refractivity contribution in [1.29, 1.82) is 0 Å². The summed E-state index contributed by atoms with van der Waals surface area (Å²) in [6.07, 6.45) is 8.72. The van der Waals surface area contributed by atoms with Crippen LogP contribution in [-0.2, 0) is 0 Å². The van der Waals surface area contributed by atoms with Crippen LogP contribution < -0.4 is 4.90 Å². The summed E-state index contributed by atoms with van der Waals surface area (Å²) >= 11 is 5.45. The fourth-order valence-electron chi connectivity index (χ4n) is 3.21. The molecule has 0 amide bonds. The second-order valence-corrected chi connectivity index (χ2v) is 5.96. The maximum atomic E-state index is 5.45. The van der Waals surface area contributed by atoms with Gasteiger partial charge in [0.2, 0.25) is 5.95 Å². The summed E-state index contributed by atoms with van der Waals surface area (Å²) in [4.78, 5) is 2.29. The minimum atomic E-state index is 0.534. The van der Waals surface area contributed by atoms with E-state index in [0.717, 1.165) is 23.6 Å². The van der Waals surface area contributed by atoms with Crippen molar-refractivity contribution in [2.45, 2.75) is 70.9 Å². The van der Waals surface area contributed by atoms with Crippen LogP contribution in [0, 0.1) is 4.77 Å². The van der Waals surface area contributed by atoms with Gasteiger partial charge in [-0.05, 0) is 37.9 Å². The summed E-state index contributed by atoms with van der Waals surface area (Å²) < 4.78 is 3.03. The summed E-state index contributed by atoms with van der Waals surface area (Å²) in [6.45, 7) is 4.47. The van der Waals surface area contributed by atoms with Gasteiger partial charge in [-0.15, -0.1) is 5.10 Å². The second kappa shape index (κ2) is 6.55. The molecule has 1 fully saturated rings. The third-order valence-corrected chi connectivity index (χ3v) is 4.72. The molecule has 1 heterocycles. The first-order valence-electron chi connectivity index (χ1n) is 7.58. The van der Waals surface area contributed by atoms with Crippen LogP contribution in [0.5, 0.6) is 0 Å². The molecule has 4 nitrogen and oxygen atoms in total. The van der Waals surface area contributed by atoms with Gasteiger partial charge in [0, 0.05) is 19.1 Å². The molecule has 0 saturated heterocycles. The van der Waals surface area contributed by atoms with Crippen LogP contribution in [0.3, 0.4) is 0 Å². The molecule has 1 saturated carbocycles. The Balaban J connectivity index is 2.28. The average molecular weight is 282 g/mol. The van der Waals surface area contributed by atoms with E-state index in [-0.39, 0.29) is 0 Å². The van der Waals surface area contributed by atoms with Gasteiger partial charge in [0.1, 0.15) is 0 Å². The molecule has 0 aromatic carbocycles. The van der Waals surface area contributed by atoms with Crippen molar-refractivity contribution in [3.05, 3.63) is 4.77 Å². The van der Waals surface area contributed by atoms with Crippen molar-refractivity contribution in [2.24, 2.45) is 0 Å². The van der Waals surface area contributed by atoms with Crippen LogP contribution in [-0.4, -0.2) is 27.9 Å². The predicted octanol–water partition coefficient (Wildman–Crippen LogP) is 4.07. The highest BCUT2D eigenvalue weighted by Crippen LogP contribution is 2.31. The zero-order valence-electron chi connectivity index (χ0n) is 12.4. The summed E-state index contributed by atoms with van der Waals surface area (Å²) in [5.41, 5.74) is 0. The number of aromatic amines is 1. The summed E-state index contributed by atoms with van der Waals surface area (Å²) in [7, 11) is 2.14. The smallest absolute Gasteiger partial charge is 0.225 e. The van der Waals surface area contributed by atoms with Crippen LogP contribution in [0.1, 0.15) is 64.8 Å². The second-order valence-electron chi connectivity index (χ2n) is 5.57. The van der Waals surface area contributed by atoms with Crippen molar-refractivity contribution in [3.63, 3.8) is 0 Å². The Labute approximate surface area is 121 Å². The number of nitrogens with one attached hydrogen (secondary N) is 1. The summed E-state index contributed by atoms with van der Waals surface area (Å²) in [5, 5.41) is 7.47. The van der Waals surface area contributed by atoms with Crippen LogP contribution in [0.2, 0.25) is 0 Å². The minimum absolute atomic E-state index is 0.534. The molecule has 0 radical (unpaired) electrons. The predicted molar refractivity (Wildman–Crippen MR) is 82.3 cm³/mol. The molecule has 0 atom stereocenters. The molecule has 5 heteroatoms. The van der Waals surface area contributed by atoms with Gasteiger partial charge in [-0.1, -0.05) is 33.1 Å². The number of hydrogen-bond donors (Lipinski definition) is 1. The lowest BCUT2D eigenvalue weighted by Gasteiger charge is -2.31. The normalized spacial score (nSPS) is 17.1. The molecule has 0 spiro atoms. The van der Waals surface area contributed by atoms with Crippen molar-refractivity contribution >= 4 is 18.2 Å². The molecular formula is C14H26N4S. The Morgan fingerprint density at radius 1 is 1.32 bits per heavy atom. The van der Waals surface area contributed by atoms with Crippen LogP contribution in [0.4, 0.5) is 5.95 Å². The van der Waals surface area contributed by atoms with Crippen LogP contribution in [0.15, 0.2) is 0 Å². The van der Waals surface area contributed by atoms with E-state index in [1.54, 1.807) is 0 Å². The van der Waals surface area contributed by atoms with Crippen LogP contribution >= 0.6 is 12.2 Å². The van der Waals surface area contributed by atoms with Gasteiger partial charge in [0.05, 0.1) is 0 Å². The molecule has 108 valence electrons. The monoisotopic (exact) mass is 282 g/mol. The maximum absolute atomic E-state index is 5.45. The van der Waals surface area contributed by atoms with E-state index in [1.807, 2.05) is 0 Å². The number of H-pyrrole nitrogens is 1. The standard InChI is InChI=1S/C14H26N4S/c1-4-11(5-2)17(3)13-15-16-14(19)18(13)12-9-7-6-8-10-12/h11-12H,4-10H2,1-3H3,(H,16,19). The first-order chi connectivity index (χ1) is 9.19. The summed E-state index contributed by atoms with van der Waals surface area (Å²) in [6, 6.07) is 1.07. The molecule has 1 N–H and O–H groups in total. The van der Waals surface area contributed by atoms with E-state index in [4.69, 9.17) is 12.2 Å². The number of rotatable bonds is 5. The van der Waals surface area contributed by atoms with E-state index in [2.05, 4.69) is 40.6 Å². The molecule has 19 heavy (non-hydrogen) atoms. The Morgan fingerprint density at radius 2 is 1.95 bits per heavy atom. The SMILES string of the molecule is CCC(CC)N(C)c1n[nH]c(=S)n1C1CCCCC1. The molecule has 1 aromatic rings. The summed E-state index contributed by atoms with van der Waals surface area (Å²) in [5.74, 6) is 1.02. The third-order valence-electron chi connectivity index (χ3n) is 4.43. The highest BCUT2D eigenvalue weighted by Gasteiger charge is 2.23. The van der Waals surface area contributed by atoms with Gasteiger partial charge < -0.3 is 4.90 Å². The molecule has 2 rings (SSSR count). The number of anilines is 1. The molecule has 1 aromatic heterocycles. The van der Waals surface area contributed by atoms with Gasteiger partial charge in [0.25, 0.3) is 0 Å². The largest absolute Gasteiger partial charge is 0.341 e. The first kappa shape index (κ1) is 14.6. The quantitative estimate of drug-likeness (QED) is 0.827. The fourth-order valence-corrected chi connectivity index (χ4v) is 3.49. The topological polar surface area (TPSA) is 36.9 Å². The number of aromatic nitrogens is 3. The highest BCUT2D eigenvalue weighted by atomic mass is 32.1. The van der Waals surface area contributed by atoms with Crippen LogP contribution in [0.25, 0.3) is 0 Å². The van der Waals surface area contributed by atoms with Crippen molar-refractivity contribution in [3.8, 4) is 0 Å². The Hall–Kier alpha value is -0.840. The molecule has 0 bridgehead atoms. The van der Waals surface area contributed by atoms with Crippen molar-refractivity contribution < 1.29 is 0 Å². The van der Waals surface area contributed by atoms with Gasteiger partial charge in [0.15, 0.2) is 4.77 Å². The van der Waals surface area contributed by atoms with Gasteiger partial charge in [-0.25, -0.2) is 5.10 Å². The van der Waals surface area contributed by atoms with E-state index in [0.29, 0.717) is 12.1 Å². The lowest BCUT2D eigenvalue weighted by Crippen LogP contribution is -2.33. The molecule has 1 aliphatic carbocycles.